The number of rotatable bonds is 2. The van der Waals surface area contributed by atoms with E-state index in [9.17, 15) is 0 Å². The van der Waals surface area contributed by atoms with Gasteiger partial charge in [-0.05, 0) is 61.4 Å². The number of nitrogen functional groups attached to an aromatic ring is 2. The molecule has 0 saturated carbocycles. The largest absolute Gasteiger partial charge is 0.457 e. The molecule has 0 spiro atoms. The summed E-state index contributed by atoms with van der Waals surface area (Å²) in [7, 11) is 0. The minimum atomic E-state index is 0.725. The Hall–Kier alpha value is -2.16. The minimum absolute atomic E-state index is 0.725. The zero-order valence-electron chi connectivity index (χ0n) is 10.0. The highest BCUT2D eigenvalue weighted by Crippen LogP contribution is 2.29. The van der Waals surface area contributed by atoms with Crippen molar-refractivity contribution in [1.29, 1.82) is 0 Å². The average molecular weight is 228 g/mol. The van der Waals surface area contributed by atoms with Crippen LogP contribution >= 0.6 is 0 Å². The molecule has 0 heterocycles. The van der Waals surface area contributed by atoms with E-state index in [0.717, 1.165) is 34.0 Å². The van der Waals surface area contributed by atoms with E-state index in [2.05, 4.69) is 0 Å². The van der Waals surface area contributed by atoms with E-state index in [4.69, 9.17) is 16.2 Å². The van der Waals surface area contributed by atoms with Crippen LogP contribution in [0.3, 0.4) is 0 Å². The number of benzene rings is 2. The lowest BCUT2D eigenvalue weighted by Gasteiger charge is -2.12. The molecule has 3 nitrogen and oxygen atoms in total. The zero-order valence-corrected chi connectivity index (χ0v) is 10.0. The predicted molar refractivity (Wildman–Crippen MR) is 71.3 cm³/mol. The van der Waals surface area contributed by atoms with Gasteiger partial charge >= 0.3 is 0 Å². The van der Waals surface area contributed by atoms with Crippen molar-refractivity contribution in [2.45, 2.75) is 13.8 Å². The molecule has 4 N–H and O–H groups in total. The van der Waals surface area contributed by atoms with E-state index in [0.29, 0.717) is 0 Å². The molecule has 0 aromatic heterocycles. The molecule has 0 aliphatic carbocycles. The molecule has 2 aromatic rings. The van der Waals surface area contributed by atoms with Crippen molar-refractivity contribution in [2.75, 3.05) is 11.5 Å². The molecule has 0 fully saturated rings. The summed E-state index contributed by atoms with van der Waals surface area (Å²) in [5.74, 6) is 1.59. The molecule has 0 aliphatic heterocycles. The second kappa shape index (κ2) is 4.37. The fourth-order valence-corrected chi connectivity index (χ4v) is 1.59. The molecule has 0 saturated heterocycles. The van der Waals surface area contributed by atoms with Gasteiger partial charge in [-0.25, -0.2) is 0 Å². The number of hydrogen-bond acceptors (Lipinski definition) is 3. The molecule has 0 bridgehead atoms. The summed E-state index contributed by atoms with van der Waals surface area (Å²) in [6.07, 6.45) is 0. The van der Waals surface area contributed by atoms with Crippen molar-refractivity contribution in [3.63, 3.8) is 0 Å². The zero-order chi connectivity index (χ0) is 12.4. The Bertz CT molecular complexity index is 533. The second-order valence-corrected chi connectivity index (χ2v) is 4.07. The van der Waals surface area contributed by atoms with E-state index < -0.39 is 0 Å². The fraction of sp³-hybridized carbons (Fsp3) is 0.143. The van der Waals surface area contributed by atoms with Gasteiger partial charge in [0.25, 0.3) is 0 Å². The van der Waals surface area contributed by atoms with Crippen molar-refractivity contribution in [1.82, 2.24) is 0 Å². The molecule has 2 rings (SSSR count). The summed E-state index contributed by atoms with van der Waals surface area (Å²) in [5, 5.41) is 0. The lowest BCUT2D eigenvalue weighted by molar-refractivity contribution is 0.478. The van der Waals surface area contributed by atoms with E-state index in [1.807, 2.05) is 50.2 Å². The first kappa shape index (κ1) is 11.3. The minimum Gasteiger partial charge on any atom is -0.457 e. The van der Waals surface area contributed by atoms with Crippen molar-refractivity contribution in [2.24, 2.45) is 0 Å². The van der Waals surface area contributed by atoms with Gasteiger partial charge in [-0.1, -0.05) is 0 Å². The summed E-state index contributed by atoms with van der Waals surface area (Å²) < 4.78 is 5.79. The van der Waals surface area contributed by atoms with Crippen LogP contribution in [0, 0.1) is 13.8 Å². The van der Waals surface area contributed by atoms with Crippen LogP contribution in [0.25, 0.3) is 0 Å². The van der Waals surface area contributed by atoms with Crippen LogP contribution in [0.2, 0.25) is 0 Å². The van der Waals surface area contributed by atoms with Crippen molar-refractivity contribution >= 4 is 11.4 Å². The van der Waals surface area contributed by atoms with Crippen LogP contribution in [-0.4, -0.2) is 0 Å². The maximum Gasteiger partial charge on any atom is 0.130 e. The Labute approximate surface area is 101 Å². The van der Waals surface area contributed by atoms with E-state index in [1.54, 1.807) is 0 Å². The van der Waals surface area contributed by atoms with Gasteiger partial charge in [0.2, 0.25) is 0 Å². The van der Waals surface area contributed by atoms with Gasteiger partial charge in [0.15, 0.2) is 0 Å². The van der Waals surface area contributed by atoms with Gasteiger partial charge in [0, 0.05) is 11.4 Å². The number of anilines is 2. The standard InChI is InChI=1S/C14H16N2O/c1-9-10(2)14(8-7-13(9)16)17-12-5-3-11(15)4-6-12/h3-8H,15-16H2,1-2H3. The summed E-state index contributed by atoms with van der Waals surface area (Å²) in [4.78, 5) is 0. The molecule has 88 valence electrons. The first-order chi connectivity index (χ1) is 8.08. The molecule has 3 heteroatoms. The SMILES string of the molecule is Cc1c(N)ccc(Oc2ccc(N)cc2)c1C. The Kier molecular flexibility index (Phi) is 2.91. The number of hydrogen-bond donors (Lipinski definition) is 2. The van der Waals surface area contributed by atoms with Crippen molar-refractivity contribution < 1.29 is 4.74 Å². The molecule has 0 amide bonds. The average Bonchev–Trinajstić information content (AvgIpc) is 2.33. The van der Waals surface area contributed by atoms with Gasteiger partial charge in [-0.2, -0.15) is 0 Å². The summed E-state index contributed by atoms with van der Waals surface area (Å²) >= 11 is 0. The maximum atomic E-state index is 5.83. The van der Waals surface area contributed by atoms with Crippen LogP contribution in [0.1, 0.15) is 11.1 Å². The lowest BCUT2D eigenvalue weighted by Crippen LogP contribution is -1.95. The van der Waals surface area contributed by atoms with Crippen molar-refractivity contribution in [3.05, 3.63) is 47.5 Å². The second-order valence-electron chi connectivity index (χ2n) is 4.07. The van der Waals surface area contributed by atoms with Crippen LogP contribution in [-0.2, 0) is 0 Å². The number of ether oxygens (including phenoxy) is 1. The highest BCUT2D eigenvalue weighted by Gasteiger charge is 2.06. The number of nitrogens with two attached hydrogens (primary N) is 2. The first-order valence-corrected chi connectivity index (χ1v) is 5.47. The van der Waals surface area contributed by atoms with E-state index in [-0.39, 0.29) is 0 Å². The van der Waals surface area contributed by atoms with Crippen LogP contribution < -0.4 is 16.2 Å². The van der Waals surface area contributed by atoms with E-state index >= 15 is 0 Å². The van der Waals surface area contributed by atoms with E-state index in [1.165, 1.54) is 0 Å². The lowest BCUT2D eigenvalue weighted by atomic mass is 10.1. The monoisotopic (exact) mass is 228 g/mol. The molecule has 0 unspecified atom stereocenters. The Morgan fingerprint density at radius 3 is 2.12 bits per heavy atom. The van der Waals surface area contributed by atoms with Gasteiger partial charge < -0.3 is 16.2 Å². The third-order valence-corrected chi connectivity index (χ3v) is 2.89. The third kappa shape index (κ3) is 2.33. The smallest absolute Gasteiger partial charge is 0.130 e. The van der Waals surface area contributed by atoms with Crippen LogP contribution in [0.4, 0.5) is 11.4 Å². The Morgan fingerprint density at radius 1 is 0.824 bits per heavy atom. The molecule has 0 radical (unpaired) electrons. The molecule has 0 atom stereocenters. The summed E-state index contributed by atoms with van der Waals surface area (Å²) in [6.45, 7) is 3.98. The van der Waals surface area contributed by atoms with Gasteiger partial charge in [-0.15, -0.1) is 0 Å². The van der Waals surface area contributed by atoms with Gasteiger partial charge in [0.05, 0.1) is 0 Å². The molecule has 17 heavy (non-hydrogen) atoms. The predicted octanol–water partition coefficient (Wildman–Crippen LogP) is 3.26. The summed E-state index contributed by atoms with van der Waals surface area (Å²) in [5.41, 5.74) is 15.1. The normalized spacial score (nSPS) is 10.2. The molecule has 0 aliphatic rings. The highest BCUT2D eigenvalue weighted by molar-refractivity contribution is 5.56. The van der Waals surface area contributed by atoms with Gasteiger partial charge in [0.1, 0.15) is 11.5 Å². The van der Waals surface area contributed by atoms with Crippen molar-refractivity contribution in [3.8, 4) is 11.5 Å². The fourth-order valence-electron chi connectivity index (χ4n) is 1.59. The summed E-state index contributed by atoms with van der Waals surface area (Å²) in [6, 6.07) is 11.1. The Balaban J connectivity index is 2.30. The first-order valence-electron chi connectivity index (χ1n) is 5.47. The third-order valence-electron chi connectivity index (χ3n) is 2.89. The highest BCUT2D eigenvalue weighted by atomic mass is 16.5. The topological polar surface area (TPSA) is 61.3 Å². The quantitative estimate of drug-likeness (QED) is 0.775. The van der Waals surface area contributed by atoms with Crippen LogP contribution in [0.15, 0.2) is 36.4 Å². The molecular formula is C14H16N2O. The Morgan fingerprint density at radius 2 is 1.47 bits per heavy atom. The van der Waals surface area contributed by atoms with Crippen LogP contribution in [0.5, 0.6) is 11.5 Å². The maximum absolute atomic E-state index is 5.83. The molecular weight excluding hydrogens is 212 g/mol. The van der Waals surface area contributed by atoms with Gasteiger partial charge in [-0.3, -0.25) is 0 Å². The molecule has 2 aromatic carbocycles.